The first-order chi connectivity index (χ1) is 8.17. The van der Waals surface area contributed by atoms with Gasteiger partial charge < -0.3 is 10.6 Å². The zero-order valence-electron chi connectivity index (χ0n) is 11.4. The Balaban J connectivity index is 2.46. The fourth-order valence-corrected chi connectivity index (χ4v) is 2.13. The molecule has 0 heterocycles. The van der Waals surface area contributed by atoms with Crippen LogP contribution in [0.1, 0.15) is 43.9 Å². The van der Waals surface area contributed by atoms with Crippen molar-refractivity contribution in [2.45, 2.75) is 39.7 Å². The molecule has 0 saturated carbocycles. The SMILES string of the molecule is CCCN(CC)CCC(N)c1cccc(C)c1. The number of nitrogens with two attached hydrogens (primary N) is 1. The lowest BCUT2D eigenvalue weighted by Gasteiger charge is -2.22. The van der Waals surface area contributed by atoms with Crippen LogP contribution in [0.4, 0.5) is 0 Å². The van der Waals surface area contributed by atoms with Crippen molar-refractivity contribution in [3.8, 4) is 0 Å². The first-order valence-corrected chi connectivity index (χ1v) is 6.71. The first kappa shape index (κ1) is 14.2. The van der Waals surface area contributed by atoms with Crippen LogP contribution in [0.5, 0.6) is 0 Å². The van der Waals surface area contributed by atoms with Crippen molar-refractivity contribution in [1.29, 1.82) is 0 Å². The zero-order valence-corrected chi connectivity index (χ0v) is 11.4. The fraction of sp³-hybridized carbons (Fsp3) is 0.600. The highest BCUT2D eigenvalue weighted by Gasteiger charge is 2.08. The predicted octanol–water partition coefficient (Wildman–Crippen LogP) is 3.12. The summed E-state index contributed by atoms with van der Waals surface area (Å²) in [6.07, 6.45) is 2.25. The molecule has 2 heteroatoms. The Labute approximate surface area is 106 Å². The average molecular weight is 234 g/mol. The van der Waals surface area contributed by atoms with E-state index in [2.05, 4.69) is 49.9 Å². The number of hydrogen-bond acceptors (Lipinski definition) is 2. The highest BCUT2D eigenvalue weighted by Crippen LogP contribution is 2.15. The van der Waals surface area contributed by atoms with Crippen LogP contribution in [0.25, 0.3) is 0 Å². The monoisotopic (exact) mass is 234 g/mol. The second-order valence-electron chi connectivity index (χ2n) is 4.74. The molecule has 1 aromatic rings. The van der Waals surface area contributed by atoms with Gasteiger partial charge in [-0.05, 0) is 45.0 Å². The van der Waals surface area contributed by atoms with Crippen molar-refractivity contribution in [2.24, 2.45) is 5.73 Å². The molecule has 0 radical (unpaired) electrons. The molecule has 0 fully saturated rings. The summed E-state index contributed by atoms with van der Waals surface area (Å²) in [5.74, 6) is 0. The Hall–Kier alpha value is -0.860. The van der Waals surface area contributed by atoms with Crippen LogP contribution in [-0.2, 0) is 0 Å². The Morgan fingerprint density at radius 2 is 2.00 bits per heavy atom. The van der Waals surface area contributed by atoms with Gasteiger partial charge in [0.1, 0.15) is 0 Å². The Morgan fingerprint density at radius 1 is 1.24 bits per heavy atom. The molecule has 0 aliphatic heterocycles. The minimum absolute atomic E-state index is 0.167. The highest BCUT2D eigenvalue weighted by molar-refractivity contribution is 5.24. The molecule has 2 nitrogen and oxygen atoms in total. The molecule has 0 aliphatic carbocycles. The van der Waals surface area contributed by atoms with E-state index in [1.54, 1.807) is 0 Å². The standard InChI is InChI=1S/C15H26N2/c1-4-10-17(5-2)11-9-15(16)14-8-6-7-13(3)12-14/h6-8,12,15H,4-5,9-11,16H2,1-3H3. The van der Waals surface area contributed by atoms with Crippen LogP contribution in [0.15, 0.2) is 24.3 Å². The Bertz CT molecular complexity index is 322. The van der Waals surface area contributed by atoms with Gasteiger partial charge in [-0.1, -0.05) is 43.7 Å². The van der Waals surface area contributed by atoms with E-state index < -0.39 is 0 Å². The van der Waals surface area contributed by atoms with E-state index in [0.717, 1.165) is 19.5 Å². The van der Waals surface area contributed by atoms with Crippen LogP contribution in [0.3, 0.4) is 0 Å². The van der Waals surface area contributed by atoms with Gasteiger partial charge in [0, 0.05) is 6.04 Å². The van der Waals surface area contributed by atoms with Gasteiger partial charge in [-0.2, -0.15) is 0 Å². The number of rotatable bonds is 7. The van der Waals surface area contributed by atoms with E-state index in [9.17, 15) is 0 Å². The maximum Gasteiger partial charge on any atom is 0.0307 e. The van der Waals surface area contributed by atoms with Crippen molar-refractivity contribution < 1.29 is 0 Å². The molecule has 0 amide bonds. The van der Waals surface area contributed by atoms with Crippen LogP contribution >= 0.6 is 0 Å². The molecule has 2 N–H and O–H groups in total. The van der Waals surface area contributed by atoms with Gasteiger partial charge in [0.2, 0.25) is 0 Å². The largest absolute Gasteiger partial charge is 0.324 e. The molecule has 0 spiro atoms. The van der Waals surface area contributed by atoms with Gasteiger partial charge in [0.15, 0.2) is 0 Å². The van der Waals surface area contributed by atoms with Crippen LogP contribution in [-0.4, -0.2) is 24.5 Å². The summed E-state index contributed by atoms with van der Waals surface area (Å²) < 4.78 is 0. The number of nitrogens with zero attached hydrogens (tertiary/aromatic N) is 1. The molecule has 1 unspecified atom stereocenters. The van der Waals surface area contributed by atoms with E-state index in [1.165, 1.54) is 24.1 Å². The number of benzene rings is 1. The van der Waals surface area contributed by atoms with Gasteiger partial charge in [0.05, 0.1) is 0 Å². The topological polar surface area (TPSA) is 29.3 Å². The maximum absolute atomic E-state index is 6.24. The molecule has 0 saturated heterocycles. The predicted molar refractivity (Wildman–Crippen MR) is 75.1 cm³/mol. The quantitative estimate of drug-likeness (QED) is 0.785. The summed E-state index contributed by atoms with van der Waals surface area (Å²) in [7, 11) is 0. The van der Waals surface area contributed by atoms with Crippen LogP contribution in [0.2, 0.25) is 0 Å². The number of aryl methyl sites for hydroxylation is 1. The van der Waals surface area contributed by atoms with Crippen molar-refractivity contribution in [1.82, 2.24) is 4.90 Å². The van der Waals surface area contributed by atoms with Gasteiger partial charge >= 0.3 is 0 Å². The van der Waals surface area contributed by atoms with Gasteiger partial charge in [0.25, 0.3) is 0 Å². The highest BCUT2D eigenvalue weighted by atomic mass is 15.1. The van der Waals surface area contributed by atoms with Crippen LogP contribution in [0, 0.1) is 6.92 Å². The van der Waals surface area contributed by atoms with E-state index in [-0.39, 0.29) is 6.04 Å². The van der Waals surface area contributed by atoms with E-state index >= 15 is 0 Å². The molecule has 0 aliphatic rings. The molecule has 0 aromatic heterocycles. The van der Waals surface area contributed by atoms with Crippen molar-refractivity contribution >= 4 is 0 Å². The molecular weight excluding hydrogens is 208 g/mol. The fourth-order valence-electron chi connectivity index (χ4n) is 2.13. The van der Waals surface area contributed by atoms with Crippen molar-refractivity contribution in [2.75, 3.05) is 19.6 Å². The summed E-state index contributed by atoms with van der Waals surface area (Å²) in [6, 6.07) is 8.70. The molecule has 1 atom stereocenters. The average Bonchev–Trinajstić information content (AvgIpc) is 2.34. The van der Waals surface area contributed by atoms with E-state index in [4.69, 9.17) is 5.73 Å². The van der Waals surface area contributed by atoms with Gasteiger partial charge in [-0.15, -0.1) is 0 Å². The Kier molecular flexibility index (Phi) is 6.23. The summed E-state index contributed by atoms with van der Waals surface area (Å²) in [5.41, 5.74) is 8.79. The lowest BCUT2D eigenvalue weighted by Crippen LogP contribution is -2.28. The van der Waals surface area contributed by atoms with Gasteiger partial charge in [-0.3, -0.25) is 0 Å². The lowest BCUT2D eigenvalue weighted by atomic mass is 10.0. The van der Waals surface area contributed by atoms with Crippen LogP contribution < -0.4 is 5.73 Å². The summed E-state index contributed by atoms with van der Waals surface area (Å²) in [6.45, 7) is 9.95. The number of hydrogen-bond donors (Lipinski definition) is 1. The minimum atomic E-state index is 0.167. The first-order valence-electron chi connectivity index (χ1n) is 6.71. The second-order valence-corrected chi connectivity index (χ2v) is 4.74. The maximum atomic E-state index is 6.24. The van der Waals surface area contributed by atoms with E-state index in [0.29, 0.717) is 0 Å². The summed E-state index contributed by atoms with van der Waals surface area (Å²) in [5, 5.41) is 0. The third-order valence-corrected chi connectivity index (χ3v) is 3.21. The Morgan fingerprint density at radius 3 is 2.59 bits per heavy atom. The normalized spacial score (nSPS) is 13.0. The van der Waals surface area contributed by atoms with Gasteiger partial charge in [-0.25, -0.2) is 0 Å². The summed E-state index contributed by atoms with van der Waals surface area (Å²) >= 11 is 0. The third-order valence-electron chi connectivity index (χ3n) is 3.21. The molecule has 0 bridgehead atoms. The lowest BCUT2D eigenvalue weighted by molar-refractivity contribution is 0.277. The molecule has 1 rings (SSSR count). The molecule has 1 aromatic carbocycles. The second kappa shape index (κ2) is 7.46. The molecule has 17 heavy (non-hydrogen) atoms. The zero-order chi connectivity index (χ0) is 12.7. The summed E-state index contributed by atoms with van der Waals surface area (Å²) in [4.78, 5) is 2.47. The van der Waals surface area contributed by atoms with Crippen molar-refractivity contribution in [3.05, 3.63) is 35.4 Å². The smallest absolute Gasteiger partial charge is 0.0307 e. The van der Waals surface area contributed by atoms with Crippen molar-refractivity contribution in [3.63, 3.8) is 0 Å². The molecular formula is C15H26N2. The van der Waals surface area contributed by atoms with E-state index in [1.807, 2.05) is 0 Å². The minimum Gasteiger partial charge on any atom is -0.324 e. The third kappa shape index (κ3) is 4.88. The molecule has 96 valence electrons.